The van der Waals surface area contributed by atoms with Gasteiger partial charge < -0.3 is 20.3 Å². The monoisotopic (exact) mass is 261 g/mol. The Hall–Kier alpha value is -2.37. The molecule has 0 fully saturated rings. The van der Waals surface area contributed by atoms with Crippen molar-refractivity contribution in [2.75, 3.05) is 19.0 Å². The van der Waals surface area contributed by atoms with Crippen LogP contribution in [0, 0.1) is 5.41 Å². The van der Waals surface area contributed by atoms with Crippen molar-refractivity contribution in [3.8, 4) is 0 Å². The average molecular weight is 261 g/mol. The zero-order chi connectivity index (χ0) is 13.8. The minimum absolute atomic E-state index is 0.147. The molecule has 1 aliphatic heterocycles. The van der Waals surface area contributed by atoms with E-state index in [1.165, 1.54) is 6.21 Å². The standard InChI is InChI=1S/C13H15N3O3/c1-3-18-13(17)12-8-4-5-11(15-2)9(6-14)10(8)7-19-16-12/h4-6,14-15H,3,7H2,1-2H3. The minimum atomic E-state index is -0.517. The summed E-state index contributed by atoms with van der Waals surface area (Å²) in [7, 11) is 1.78. The number of nitrogens with zero attached hydrogens (tertiary/aromatic N) is 1. The first kappa shape index (κ1) is 13.1. The number of esters is 1. The molecule has 0 amide bonds. The highest BCUT2D eigenvalue weighted by atomic mass is 16.6. The summed E-state index contributed by atoms with van der Waals surface area (Å²) in [5.41, 5.74) is 3.06. The SMILES string of the molecule is CCOC(=O)C1=NOCc2c1ccc(NC)c2C=N. The average Bonchev–Trinajstić information content (AvgIpc) is 2.45. The molecular weight excluding hydrogens is 246 g/mol. The zero-order valence-corrected chi connectivity index (χ0v) is 10.8. The summed E-state index contributed by atoms with van der Waals surface area (Å²) in [5, 5.41) is 14.3. The quantitative estimate of drug-likeness (QED) is 0.636. The number of carbonyl (C=O) groups is 1. The van der Waals surface area contributed by atoms with Crippen LogP contribution in [0.2, 0.25) is 0 Å². The Morgan fingerprint density at radius 3 is 3.05 bits per heavy atom. The van der Waals surface area contributed by atoms with Gasteiger partial charge in [-0.3, -0.25) is 0 Å². The lowest BCUT2D eigenvalue weighted by Crippen LogP contribution is -2.24. The van der Waals surface area contributed by atoms with Crippen LogP contribution >= 0.6 is 0 Å². The Morgan fingerprint density at radius 2 is 2.42 bits per heavy atom. The molecule has 1 aromatic carbocycles. The van der Waals surface area contributed by atoms with Crippen molar-refractivity contribution >= 4 is 23.6 Å². The second-order valence-corrected chi connectivity index (χ2v) is 3.88. The molecule has 0 saturated carbocycles. The summed E-state index contributed by atoms with van der Waals surface area (Å²) in [6, 6.07) is 3.59. The van der Waals surface area contributed by atoms with Crippen LogP contribution in [0.1, 0.15) is 23.6 Å². The van der Waals surface area contributed by atoms with E-state index in [1.54, 1.807) is 26.1 Å². The maximum Gasteiger partial charge on any atom is 0.361 e. The van der Waals surface area contributed by atoms with Crippen molar-refractivity contribution < 1.29 is 14.4 Å². The second kappa shape index (κ2) is 5.51. The summed E-state index contributed by atoms with van der Waals surface area (Å²) in [5.74, 6) is -0.517. The lowest BCUT2D eigenvalue weighted by molar-refractivity contribution is -0.135. The van der Waals surface area contributed by atoms with E-state index in [2.05, 4.69) is 10.5 Å². The van der Waals surface area contributed by atoms with Gasteiger partial charge in [-0.2, -0.15) is 0 Å². The van der Waals surface area contributed by atoms with Gasteiger partial charge in [-0.25, -0.2) is 4.79 Å². The molecule has 1 aromatic rings. The lowest BCUT2D eigenvalue weighted by Gasteiger charge is -2.19. The van der Waals surface area contributed by atoms with Gasteiger partial charge in [0.25, 0.3) is 0 Å². The summed E-state index contributed by atoms with van der Waals surface area (Å²) in [6.45, 7) is 2.24. The largest absolute Gasteiger partial charge is 0.461 e. The van der Waals surface area contributed by atoms with E-state index < -0.39 is 5.97 Å². The molecule has 0 atom stereocenters. The fourth-order valence-corrected chi connectivity index (χ4v) is 1.98. The Morgan fingerprint density at radius 1 is 1.63 bits per heavy atom. The van der Waals surface area contributed by atoms with Gasteiger partial charge in [0, 0.05) is 35.6 Å². The molecule has 1 aliphatic rings. The molecule has 0 aromatic heterocycles. The van der Waals surface area contributed by atoms with Crippen molar-refractivity contribution in [3.05, 3.63) is 28.8 Å². The van der Waals surface area contributed by atoms with Crippen molar-refractivity contribution in [1.29, 1.82) is 5.41 Å². The number of benzene rings is 1. The van der Waals surface area contributed by atoms with Gasteiger partial charge in [-0.05, 0) is 19.1 Å². The third-order valence-electron chi connectivity index (χ3n) is 2.86. The predicted octanol–water partition coefficient (Wildman–Crippen LogP) is 1.52. The van der Waals surface area contributed by atoms with E-state index in [1.807, 2.05) is 0 Å². The Kier molecular flexibility index (Phi) is 3.79. The van der Waals surface area contributed by atoms with Crippen LogP contribution in [0.5, 0.6) is 0 Å². The molecule has 100 valence electrons. The van der Waals surface area contributed by atoms with Crippen molar-refractivity contribution in [3.63, 3.8) is 0 Å². The number of fused-ring (bicyclic) bond motifs is 1. The first-order valence-corrected chi connectivity index (χ1v) is 5.94. The number of nitrogens with one attached hydrogen (secondary N) is 2. The second-order valence-electron chi connectivity index (χ2n) is 3.88. The molecule has 2 rings (SSSR count). The molecule has 0 aliphatic carbocycles. The lowest BCUT2D eigenvalue weighted by atomic mass is 9.96. The number of rotatable bonds is 4. The van der Waals surface area contributed by atoms with Crippen LogP contribution in [0.4, 0.5) is 5.69 Å². The molecule has 0 radical (unpaired) electrons. The van der Waals surface area contributed by atoms with Gasteiger partial charge in [0.2, 0.25) is 0 Å². The van der Waals surface area contributed by atoms with Crippen LogP contribution in [-0.4, -0.2) is 31.6 Å². The van der Waals surface area contributed by atoms with Crippen molar-refractivity contribution in [2.45, 2.75) is 13.5 Å². The number of hydrogen-bond donors (Lipinski definition) is 2. The number of oxime groups is 1. The molecular formula is C13H15N3O3. The molecule has 1 heterocycles. The van der Waals surface area contributed by atoms with Gasteiger partial charge in [0.1, 0.15) is 6.61 Å². The van der Waals surface area contributed by atoms with Crippen molar-refractivity contribution in [2.24, 2.45) is 5.16 Å². The van der Waals surface area contributed by atoms with Gasteiger partial charge in [0.15, 0.2) is 5.71 Å². The summed E-state index contributed by atoms with van der Waals surface area (Å²) in [6.07, 6.45) is 1.24. The minimum Gasteiger partial charge on any atom is -0.461 e. The molecule has 19 heavy (non-hydrogen) atoms. The van der Waals surface area contributed by atoms with E-state index in [-0.39, 0.29) is 18.9 Å². The van der Waals surface area contributed by atoms with E-state index in [4.69, 9.17) is 15.0 Å². The first-order chi connectivity index (χ1) is 9.22. The highest BCUT2D eigenvalue weighted by Crippen LogP contribution is 2.26. The van der Waals surface area contributed by atoms with Gasteiger partial charge in [-0.1, -0.05) is 5.16 Å². The normalized spacial score (nSPS) is 12.8. The van der Waals surface area contributed by atoms with Crippen molar-refractivity contribution in [1.82, 2.24) is 0 Å². The fraction of sp³-hybridized carbons (Fsp3) is 0.308. The van der Waals surface area contributed by atoms with Gasteiger partial charge in [0.05, 0.1) is 6.61 Å². The van der Waals surface area contributed by atoms with E-state index >= 15 is 0 Å². The number of carbonyl (C=O) groups excluding carboxylic acids is 1. The maximum absolute atomic E-state index is 11.8. The van der Waals surface area contributed by atoms with E-state index in [0.29, 0.717) is 11.1 Å². The van der Waals surface area contributed by atoms with Gasteiger partial charge >= 0.3 is 5.97 Å². The zero-order valence-electron chi connectivity index (χ0n) is 10.8. The number of anilines is 1. The van der Waals surface area contributed by atoms with Crippen LogP contribution < -0.4 is 5.32 Å². The molecule has 0 spiro atoms. The topological polar surface area (TPSA) is 83.8 Å². The fourth-order valence-electron chi connectivity index (χ4n) is 1.98. The predicted molar refractivity (Wildman–Crippen MR) is 71.8 cm³/mol. The highest BCUT2D eigenvalue weighted by Gasteiger charge is 2.25. The van der Waals surface area contributed by atoms with Crippen LogP contribution in [-0.2, 0) is 21.0 Å². The first-order valence-electron chi connectivity index (χ1n) is 5.94. The summed E-state index contributed by atoms with van der Waals surface area (Å²) in [4.78, 5) is 16.9. The van der Waals surface area contributed by atoms with Crippen LogP contribution in [0.3, 0.4) is 0 Å². The Balaban J connectivity index is 2.51. The number of ether oxygens (including phenoxy) is 1. The maximum atomic E-state index is 11.8. The molecule has 6 heteroatoms. The Bertz CT molecular complexity index is 552. The van der Waals surface area contributed by atoms with E-state index in [0.717, 1.165) is 11.3 Å². The molecule has 0 unspecified atom stereocenters. The number of hydrogen-bond acceptors (Lipinski definition) is 6. The highest BCUT2D eigenvalue weighted by molar-refractivity contribution is 6.43. The van der Waals surface area contributed by atoms with Crippen LogP contribution in [0.25, 0.3) is 0 Å². The molecule has 0 saturated heterocycles. The smallest absolute Gasteiger partial charge is 0.361 e. The summed E-state index contributed by atoms with van der Waals surface area (Å²) >= 11 is 0. The van der Waals surface area contributed by atoms with E-state index in [9.17, 15) is 4.79 Å². The molecule has 6 nitrogen and oxygen atoms in total. The molecule has 2 N–H and O–H groups in total. The molecule has 0 bridgehead atoms. The summed E-state index contributed by atoms with van der Waals surface area (Å²) < 4.78 is 4.95. The third-order valence-corrected chi connectivity index (χ3v) is 2.86. The van der Waals surface area contributed by atoms with Gasteiger partial charge in [-0.15, -0.1) is 0 Å². The third kappa shape index (κ3) is 2.29. The Labute approximate surface area is 110 Å². The van der Waals surface area contributed by atoms with Crippen LogP contribution in [0.15, 0.2) is 17.3 Å².